The topological polar surface area (TPSA) is 70.2 Å². The molecule has 0 bridgehead atoms. The molecule has 1 unspecified atom stereocenters. The van der Waals surface area contributed by atoms with Crippen molar-refractivity contribution in [1.29, 1.82) is 0 Å². The van der Waals surface area contributed by atoms with Gasteiger partial charge in [0.25, 0.3) is 0 Å². The van der Waals surface area contributed by atoms with Gasteiger partial charge in [-0.25, -0.2) is 0 Å². The average Bonchev–Trinajstić information content (AvgIpc) is 2.46. The summed E-state index contributed by atoms with van der Waals surface area (Å²) >= 11 is 0. The number of para-hydroxylation sites is 1. The number of amides is 2. The van der Waals surface area contributed by atoms with Gasteiger partial charge in [-0.2, -0.15) is 0 Å². The standard InChI is InChI=1S/C16H25N3O2/c1-5-9-17-13(4)16(21)18-10-14(20)19-15-11(2)7-6-8-12(15)3/h6-8,13,17H,5,9-10H2,1-4H3,(H,18,21)(H,19,20). The number of rotatable bonds is 7. The van der Waals surface area contributed by atoms with E-state index >= 15 is 0 Å². The summed E-state index contributed by atoms with van der Waals surface area (Å²) in [5.74, 6) is -0.386. The summed E-state index contributed by atoms with van der Waals surface area (Å²) in [5.41, 5.74) is 2.83. The Bertz CT molecular complexity index is 480. The van der Waals surface area contributed by atoms with Crippen LogP contribution in [0.5, 0.6) is 0 Å². The third-order valence-electron chi connectivity index (χ3n) is 3.26. The zero-order valence-electron chi connectivity index (χ0n) is 13.2. The Morgan fingerprint density at radius 2 is 1.81 bits per heavy atom. The molecule has 1 aromatic rings. The lowest BCUT2D eigenvalue weighted by atomic mass is 10.1. The largest absolute Gasteiger partial charge is 0.346 e. The lowest BCUT2D eigenvalue weighted by Crippen LogP contribution is -2.44. The molecular weight excluding hydrogens is 266 g/mol. The molecule has 0 saturated heterocycles. The van der Waals surface area contributed by atoms with Crippen molar-refractivity contribution in [2.45, 2.75) is 40.2 Å². The summed E-state index contributed by atoms with van der Waals surface area (Å²) in [4.78, 5) is 23.7. The molecule has 21 heavy (non-hydrogen) atoms. The zero-order valence-corrected chi connectivity index (χ0v) is 13.2. The van der Waals surface area contributed by atoms with Gasteiger partial charge in [-0.3, -0.25) is 9.59 Å². The molecule has 116 valence electrons. The Morgan fingerprint density at radius 3 is 2.38 bits per heavy atom. The molecule has 0 aliphatic carbocycles. The molecule has 0 heterocycles. The minimum atomic E-state index is -0.294. The van der Waals surface area contributed by atoms with Crippen molar-refractivity contribution in [2.75, 3.05) is 18.4 Å². The van der Waals surface area contributed by atoms with Crippen LogP contribution in [0.25, 0.3) is 0 Å². The van der Waals surface area contributed by atoms with E-state index < -0.39 is 0 Å². The van der Waals surface area contributed by atoms with Gasteiger partial charge in [-0.05, 0) is 44.9 Å². The molecular formula is C16H25N3O2. The highest BCUT2D eigenvalue weighted by atomic mass is 16.2. The van der Waals surface area contributed by atoms with E-state index in [0.717, 1.165) is 29.8 Å². The van der Waals surface area contributed by atoms with Gasteiger partial charge in [-0.15, -0.1) is 0 Å². The van der Waals surface area contributed by atoms with Gasteiger partial charge in [0, 0.05) is 5.69 Å². The number of carbonyl (C=O) groups excluding carboxylic acids is 2. The quantitative estimate of drug-likeness (QED) is 0.717. The molecule has 3 N–H and O–H groups in total. The van der Waals surface area contributed by atoms with Crippen LogP contribution in [0.1, 0.15) is 31.4 Å². The van der Waals surface area contributed by atoms with Crippen LogP contribution in [0, 0.1) is 13.8 Å². The summed E-state index contributed by atoms with van der Waals surface area (Å²) in [6, 6.07) is 5.54. The van der Waals surface area contributed by atoms with E-state index in [-0.39, 0.29) is 24.4 Å². The van der Waals surface area contributed by atoms with Gasteiger partial charge >= 0.3 is 0 Å². The van der Waals surface area contributed by atoms with Crippen LogP contribution in [0.2, 0.25) is 0 Å². The molecule has 0 saturated carbocycles. The molecule has 0 aliphatic heterocycles. The molecule has 0 aromatic heterocycles. The second-order valence-corrected chi connectivity index (χ2v) is 5.21. The van der Waals surface area contributed by atoms with Crippen LogP contribution in [0.3, 0.4) is 0 Å². The van der Waals surface area contributed by atoms with Gasteiger partial charge in [0.05, 0.1) is 12.6 Å². The molecule has 2 amide bonds. The van der Waals surface area contributed by atoms with Gasteiger partial charge in [0.15, 0.2) is 0 Å². The summed E-state index contributed by atoms with van der Waals surface area (Å²) < 4.78 is 0. The highest BCUT2D eigenvalue weighted by Gasteiger charge is 2.13. The van der Waals surface area contributed by atoms with Crippen molar-refractivity contribution >= 4 is 17.5 Å². The second kappa shape index (κ2) is 8.42. The van der Waals surface area contributed by atoms with Crippen LogP contribution < -0.4 is 16.0 Å². The predicted octanol–water partition coefficient (Wildman–Crippen LogP) is 1.75. The molecule has 1 aromatic carbocycles. The average molecular weight is 291 g/mol. The fourth-order valence-corrected chi connectivity index (χ4v) is 1.97. The van der Waals surface area contributed by atoms with E-state index in [2.05, 4.69) is 16.0 Å². The van der Waals surface area contributed by atoms with Crippen LogP contribution in [-0.4, -0.2) is 30.9 Å². The number of aryl methyl sites for hydroxylation is 2. The SMILES string of the molecule is CCCNC(C)C(=O)NCC(=O)Nc1c(C)cccc1C. The molecule has 0 aliphatic rings. The molecule has 0 spiro atoms. The van der Waals surface area contributed by atoms with Crippen LogP contribution in [-0.2, 0) is 9.59 Å². The number of nitrogens with one attached hydrogen (secondary N) is 3. The first kappa shape index (κ1) is 17.2. The van der Waals surface area contributed by atoms with E-state index in [0.29, 0.717) is 0 Å². The predicted molar refractivity (Wildman–Crippen MR) is 85.3 cm³/mol. The van der Waals surface area contributed by atoms with Gasteiger partial charge in [0.1, 0.15) is 0 Å². The van der Waals surface area contributed by atoms with E-state index in [1.165, 1.54) is 0 Å². The number of carbonyl (C=O) groups is 2. The van der Waals surface area contributed by atoms with Crippen molar-refractivity contribution in [2.24, 2.45) is 0 Å². The second-order valence-electron chi connectivity index (χ2n) is 5.21. The number of anilines is 1. The normalized spacial score (nSPS) is 11.8. The van der Waals surface area contributed by atoms with Gasteiger partial charge in [-0.1, -0.05) is 25.1 Å². The highest BCUT2D eigenvalue weighted by molar-refractivity contribution is 5.96. The third kappa shape index (κ3) is 5.55. The summed E-state index contributed by atoms with van der Waals surface area (Å²) in [6.45, 7) is 8.47. The molecule has 5 nitrogen and oxygen atoms in total. The van der Waals surface area contributed by atoms with Crippen LogP contribution in [0.15, 0.2) is 18.2 Å². The smallest absolute Gasteiger partial charge is 0.243 e. The Kier molecular flexibility index (Phi) is 6.88. The maximum Gasteiger partial charge on any atom is 0.243 e. The lowest BCUT2D eigenvalue weighted by molar-refractivity contribution is -0.125. The minimum absolute atomic E-state index is 0.0231. The van der Waals surface area contributed by atoms with E-state index in [4.69, 9.17) is 0 Å². The first-order valence-corrected chi connectivity index (χ1v) is 7.32. The van der Waals surface area contributed by atoms with Gasteiger partial charge in [0.2, 0.25) is 11.8 Å². The molecule has 5 heteroatoms. The van der Waals surface area contributed by atoms with E-state index in [1.807, 2.05) is 39.0 Å². The van der Waals surface area contributed by atoms with Crippen molar-refractivity contribution in [3.63, 3.8) is 0 Å². The first-order valence-electron chi connectivity index (χ1n) is 7.32. The summed E-state index contributed by atoms with van der Waals surface area (Å²) in [6.07, 6.45) is 0.963. The Hall–Kier alpha value is -1.88. The van der Waals surface area contributed by atoms with Crippen molar-refractivity contribution in [3.8, 4) is 0 Å². The fourth-order valence-electron chi connectivity index (χ4n) is 1.97. The maximum absolute atomic E-state index is 11.9. The van der Waals surface area contributed by atoms with E-state index in [1.54, 1.807) is 6.92 Å². The Labute approximate surface area is 126 Å². The van der Waals surface area contributed by atoms with Crippen molar-refractivity contribution < 1.29 is 9.59 Å². The molecule has 0 fully saturated rings. The number of hydrogen-bond donors (Lipinski definition) is 3. The van der Waals surface area contributed by atoms with Crippen molar-refractivity contribution in [3.05, 3.63) is 29.3 Å². The molecule has 1 atom stereocenters. The summed E-state index contributed by atoms with van der Waals surface area (Å²) in [7, 11) is 0. The fraction of sp³-hybridized carbons (Fsp3) is 0.500. The maximum atomic E-state index is 11.9. The Balaban J connectivity index is 2.46. The van der Waals surface area contributed by atoms with Crippen LogP contribution in [0.4, 0.5) is 5.69 Å². The third-order valence-corrected chi connectivity index (χ3v) is 3.26. The highest BCUT2D eigenvalue weighted by Crippen LogP contribution is 2.18. The number of hydrogen-bond acceptors (Lipinski definition) is 3. The molecule has 0 radical (unpaired) electrons. The zero-order chi connectivity index (χ0) is 15.8. The van der Waals surface area contributed by atoms with E-state index in [9.17, 15) is 9.59 Å². The minimum Gasteiger partial charge on any atom is -0.346 e. The van der Waals surface area contributed by atoms with Gasteiger partial charge < -0.3 is 16.0 Å². The van der Waals surface area contributed by atoms with Crippen molar-refractivity contribution in [1.82, 2.24) is 10.6 Å². The Morgan fingerprint density at radius 1 is 1.19 bits per heavy atom. The molecule has 1 rings (SSSR count). The monoisotopic (exact) mass is 291 g/mol. The number of benzene rings is 1. The lowest BCUT2D eigenvalue weighted by Gasteiger charge is -2.14. The summed E-state index contributed by atoms with van der Waals surface area (Å²) in [5, 5.41) is 8.56. The first-order chi connectivity index (χ1) is 9.95. The van der Waals surface area contributed by atoms with Crippen LogP contribution >= 0.6 is 0 Å².